The molecule has 0 spiro atoms. The number of amides is 1. The molecular weight excluding hydrogens is 499 g/mol. The molecule has 2 aliphatic rings. The van der Waals surface area contributed by atoms with Crippen molar-refractivity contribution in [3.8, 4) is 6.07 Å². The third-order valence-corrected chi connectivity index (χ3v) is 7.97. The minimum Gasteiger partial charge on any atom is -0.363 e. The summed E-state index contributed by atoms with van der Waals surface area (Å²) in [5.74, 6) is -0.0561. The number of hydrogen-bond donors (Lipinski definition) is 2. The van der Waals surface area contributed by atoms with E-state index in [2.05, 4.69) is 28.7 Å². The summed E-state index contributed by atoms with van der Waals surface area (Å²) in [6, 6.07) is 7.57. The Hall–Kier alpha value is -3.03. The number of carbonyl (C=O) groups excluding carboxylic acids is 1. The molecule has 3 aromatic rings. The predicted octanol–water partition coefficient (Wildman–Crippen LogP) is 6.51. The van der Waals surface area contributed by atoms with Crippen LogP contribution in [0.25, 0.3) is 0 Å². The highest BCUT2D eigenvalue weighted by atomic mass is 35.5. The number of halogens is 4. The van der Waals surface area contributed by atoms with Crippen LogP contribution in [0.3, 0.4) is 0 Å². The first kappa shape index (κ1) is 23.7. The second kappa shape index (κ2) is 8.88. The molecule has 1 aromatic carbocycles. The summed E-state index contributed by atoms with van der Waals surface area (Å²) >= 11 is 7.28. The molecule has 11 heteroatoms. The van der Waals surface area contributed by atoms with E-state index >= 15 is 0 Å². The van der Waals surface area contributed by atoms with Gasteiger partial charge in [0.1, 0.15) is 16.9 Å². The van der Waals surface area contributed by atoms with Crippen LogP contribution in [-0.2, 0) is 12.8 Å². The highest BCUT2D eigenvalue weighted by molar-refractivity contribution is 7.16. The third-order valence-electron chi connectivity index (χ3n) is 6.55. The quantitative estimate of drug-likeness (QED) is 0.413. The van der Waals surface area contributed by atoms with Gasteiger partial charge in [-0.25, -0.2) is 4.68 Å². The van der Waals surface area contributed by atoms with Crippen LogP contribution in [0.2, 0.25) is 5.02 Å². The first-order valence-corrected chi connectivity index (χ1v) is 12.4. The zero-order valence-corrected chi connectivity index (χ0v) is 20.2. The Bertz CT molecular complexity index is 1320. The van der Waals surface area contributed by atoms with E-state index in [9.17, 15) is 23.2 Å². The third kappa shape index (κ3) is 4.50. The summed E-state index contributed by atoms with van der Waals surface area (Å²) in [4.78, 5) is 14.1. The number of carbonyl (C=O) groups is 1. The fourth-order valence-electron chi connectivity index (χ4n) is 4.72. The number of benzene rings is 1. The minimum atomic E-state index is -4.56. The van der Waals surface area contributed by atoms with Gasteiger partial charge >= 0.3 is 6.18 Å². The van der Waals surface area contributed by atoms with Gasteiger partial charge in [0, 0.05) is 22.4 Å². The van der Waals surface area contributed by atoms with Crippen LogP contribution in [0.4, 0.5) is 24.0 Å². The topological polar surface area (TPSA) is 82.7 Å². The molecule has 3 atom stereocenters. The second-order valence-corrected chi connectivity index (χ2v) is 10.6. The highest BCUT2D eigenvalue weighted by Gasteiger charge is 2.47. The molecule has 0 fully saturated rings. The minimum absolute atomic E-state index is 0.100. The smallest absolute Gasteiger partial charge is 0.363 e. The molecule has 0 radical (unpaired) electrons. The Morgan fingerprint density at radius 1 is 1.34 bits per heavy atom. The van der Waals surface area contributed by atoms with Crippen LogP contribution in [0, 0.1) is 17.2 Å². The molecule has 3 heterocycles. The normalized spacial score (nSPS) is 21.4. The number of nitrogens with one attached hydrogen (secondary N) is 2. The maximum atomic E-state index is 13.9. The van der Waals surface area contributed by atoms with Crippen molar-refractivity contribution in [1.82, 2.24) is 9.78 Å². The summed E-state index contributed by atoms with van der Waals surface area (Å²) < 4.78 is 42.7. The summed E-state index contributed by atoms with van der Waals surface area (Å²) in [7, 11) is 0. The van der Waals surface area contributed by atoms with Crippen LogP contribution in [0.5, 0.6) is 0 Å². The molecule has 0 saturated heterocycles. The molecule has 182 valence electrons. The van der Waals surface area contributed by atoms with Crippen molar-refractivity contribution in [1.29, 1.82) is 5.26 Å². The van der Waals surface area contributed by atoms with Crippen molar-refractivity contribution >= 4 is 39.7 Å². The largest absolute Gasteiger partial charge is 0.410 e. The van der Waals surface area contributed by atoms with Crippen LogP contribution in [0.15, 0.2) is 30.3 Å². The average Bonchev–Trinajstić information content (AvgIpc) is 3.38. The highest BCUT2D eigenvalue weighted by Crippen LogP contribution is 2.44. The lowest BCUT2D eigenvalue weighted by atomic mass is 9.89. The molecule has 0 unspecified atom stereocenters. The van der Waals surface area contributed by atoms with Crippen molar-refractivity contribution in [2.75, 3.05) is 10.6 Å². The van der Waals surface area contributed by atoms with Gasteiger partial charge in [-0.2, -0.15) is 23.5 Å². The zero-order valence-electron chi connectivity index (χ0n) is 18.6. The van der Waals surface area contributed by atoms with Gasteiger partial charge in [0.05, 0.1) is 11.6 Å². The Balaban J connectivity index is 1.44. The number of rotatable bonds is 3. The maximum absolute atomic E-state index is 13.9. The van der Waals surface area contributed by atoms with Crippen molar-refractivity contribution in [3.05, 3.63) is 62.6 Å². The van der Waals surface area contributed by atoms with Gasteiger partial charge in [0.15, 0.2) is 11.7 Å². The molecule has 1 aliphatic heterocycles. The maximum Gasteiger partial charge on any atom is 0.410 e. The number of nitriles is 1. The number of fused-ring (bicyclic) bond motifs is 2. The van der Waals surface area contributed by atoms with Gasteiger partial charge in [-0.1, -0.05) is 30.7 Å². The SMILES string of the molecule is C[C@@H]1CCc2c(sc(NC(=O)c3cc4n(n3)[C@H](C(F)(F)F)C[C@@H](c3ccc(Cl)cc3)N4)c2C#N)C1. The van der Waals surface area contributed by atoms with E-state index in [0.717, 1.165) is 34.4 Å². The summed E-state index contributed by atoms with van der Waals surface area (Å²) in [6.07, 6.45) is -2.26. The van der Waals surface area contributed by atoms with E-state index < -0.39 is 24.2 Å². The standard InChI is InChI=1S/C24H21ClF3N5OS/c1-12-2-7-15-16(11-29)23(35-19(15)8-12)31-22(34)18-10-21-30-17(13-3-5-14(25)6-4-13)9-20(24(26,27)28)33(21)32-18/h3-6,10,12,17,20,30H,2,7-9H2,1H3,(H,31,34)/t12-,17+,20+/m1/s1. The molecule has 0 bridgehead atoms. The molecule has 1 amide bonds. The zero-order chi connectivity index (χ0) is 24.9. The van der Waals surface area contributed by atoms with Gasteiger partial charge < -0.3 is 10.6 Å². The first-order valence-electron chi connectivity index (χ1n) is 11.2. The number of aromatic nitrogens is 2. The Labute approximate surface area is 208 Å². The lowest BCUT2D eigenvalue weighted by Crippen LogP contribution is -2.35. The van der Waals surface area contributed by atoms with E-state index in [1.165, 1.54) is 17.4 Å². The monoisotopic (exact) mass is 519 g/mol. The van der Waals surface area contributed by atoms with Crippen LogP contribution < -0.4 is 10.6 Å². The summed E-state index contributed by atoms with van der Waals surface area (Å²) in [6.45, 7) is 2.14. The number of anilines is 2. The van der Waals surface area contributed by atoms with E-state index in [1.807, 2.05) is 0 Å². The van der Waals surface area contributed by atoms with Crippen molar-refractivity contribution < 1.29 is 18.0 Å². The molecule has 5 rings (SSSR count). The van der Waals surface area contributed by atoms with Crippen molar-refractivity contribution in [2.45, 2.75) is 50.9 Å². The number of alkyl halides is 3. The average molecular weight is 520 g/mol. The lowest BCUT2D eigenvalue weighted by molar-refractivity contribution is -0.173. The molecule has 2 N–H and O–H groups in total. The molecule has 35 heavy (non-hydrogen) atoms. The first-order chi connectivity index (χ1) is 16.6. The molecule has 6 nitrogen and oxygen atoms in total. The molecular formula is C24H21ClF3N5OS. The predicted molar refractivity (Wildman–Crippen MR) is 128 cm³/mol. The van der Waals surface area contributed by atoms with Gasteiger partial charge in [0.2, 0.25) is 0 Å². The van der Waals surface area contributed by atoms with E-state index in [1.54, 1.807) is 24.3 Å². The number of hydrogen-bond acceptors (Lipinski definition) is 5. The Morgan fingerprint density at radius 2 is 2.09 bits per heavy atom. The molecule has 1 aliphatic carbocycles. The van der Waals surface area contributed by atoms with Gasteiger partial charge in [-0.15, -0.1) is 11.3 Å². The second-order valence-electron chi connectivity index (χ2n) is 9.02. The summed E-state index contributed by atoms with van der Waals surface area (Å²) in [5, 5.41) is 20.4. The van der Waals surface area contributed by atoms with E-state index in [-0.39, 0.29) is 17.9 Å². The van der Waals surface area contributed by atoms with Crippen LogP contribution in [0.1, 0.15) is 63.9 Å². The number of thiophene rings is 1. The lowest BCUT2D eigenvalue weighted by Gasteiger charge is -2.33. The van der Waals surface area contributed by atoms with Crippen molar-refractivity contribution in [3.63, 3.8) is 0 Å². The van der Waals surface area contributed by atoms with Gasteiger partial charge in [0.25, 0.3) is 5.91 Å². The molecule has 2 aromatic heterocycles. The van der Waals surface area contributed by atoms with E-state index in [0.29, 0.717) is 27.1 Å². The Morgan fingerprint density at radius 3 is 2.77 bits per heavy atom. The Kier molecular flexibility index (Phi) is 6.01. The fraction of sp³-hybridized carbons (Fsp3) is 0.375. The van der Waals surface area contributed by atoms with E-state index in [4.69, 9.17) is 11.6 Å². The molecule has 0 saturated carbocycles. The summed E-state index contributed by atoms with van der Waals surface area (Å²) in [5.41, 5.74) is 1.89. The van der Waals surface area contributed by atoms with Gasteiger partial charge in [-0.3, -0.25) is 4.79 Å². The van der Waals surface area contributed by atoms with Gasteiger partial charge in [-0.05, 0) is 48.4 Å². The van der Waals surface area contributed by atoms with Crippen LogP contribution >= 0.6 is 22.9 Å². The number of nitrogens with zero attached hydrogens (tertiary/aromatic N) is 3. The van der Waals surface area contributed by atoms with Crippen molar-refractivity contribution in [2.24, 2.45) is 5.92 Å². The van der Waals surface area contributed by atoms with Crippen LogP contribution in [-0.4, -0.2) is 21.9 Å². The fourth-order valence-corrected chi connectivity index (χ4v) is 6.20.